The van der Waals surface area contributed by atoms with Crippen molar-refractivity contribution in [1.82, 2.24) is 4.90 Å². The number of hydrogen-bond acceptors (Lipinski definition) is 5. The van der Waals surface area contributed by atoms with E-state index < -0.39 is 5.25 Å². The topological polar surface area (TPSA) is 71.0 Å². The van der Waals surface area contributed by atoms with E-state index in [0.29, 0.717) is 11.7 Å². The summed E-state index contributed by atoms with van der Waals surface area (Å²) in [4.78, 5) is 31.9. The molecule has 2 amide bonds. The Hall–Kier alpha value is -2.80. The van der Waals surface area contributed by atoms with E-state index in [2.05, 4.69) is 17.2 Å². The maximum atomic E-state index is 13.0. The summed E-state index contributed by atoms with van der Waals surface area (Å²) in [5.74, 6) is 0.527. The molecule has 1 aliphatic rings. The number of benzene rings is 2. The average Bonchev–Trinajstić information content (AvgIpc) is 3.02. The predicted molar refractivity (Wildman–Crippen MR) is 123 cm³/mol. The molecule has 2 aromatic carbocycles. The van der Waals surface area contributed by atoms with Crippen LogP contribution in [0.3, 0.4) is 0 Å². The number of amidine groups is 1. The van der Waals surface area contributed by atoms with Crippen LogP contribution in [-0.2, 0) is 9.59 Å². The van der Waals surface area contributed by atoms with Crippen LogP contribution in [-0.4, -0.2) is 40.8 Å². The number of nitrogens with one attached hydrogen (secondary N) is 1. The van der Waals surface area contributed by atoms with Crippen LogP contribution in [0, 0.1) is 6.92 Å². The van der Waals surface area contributed by atoms with Crippen molar-refractivity contribution in [2.75, 3.05) is 19.0 Å². The largest absolute Gasteiger partial charge is 0.497 e. The van der Waals surface area contributed by atoms with Crippen LogP contribution in [0.1, 0.15) is 31.7 Å². The number of hydrogen-bond donors (Lipinski definition) is 1. The molecule has 1 fully saturated rings. The van der Waals surface area contributed by atoms with E-state index in [1.165, 1.54) is 11.8 Å². The number of ether oxygens (including phenoxy) is 1. The molecule has 1 atom stereocenters. The van der Waals surface area contributed by atoms with Crippen LogP contribution in [0.4, 0.5) is 11.4 Å². The highest BCUT2D eigenvalue weighted by atomic mass is 32.2. The number of rotatable bonds is 8. The number of aliphatic imine (C=N–C) groups is 1. The van der Waals surface area contributed by atoms with Gasteiger partial charge < -0.3 is 10.1 Å². The van der Waals surface area contributed by atoms with E-state index >= 15 is 0 Å². The number of amides is 2. The molecular weight excluding hydrogens is 398 g/mol. The molecule has 1 N–H and O–H groups in total. The summed E-state index contributed by atoms with van der Waals surface area (Å²) in [5.41, 5.74) is 2.51. The van der Waals surface area contributed by atoms with Gasteiger partial charge in [0.1, 0.15) is 11.0 Å². The van der Waals surface area contributed by atoms with Gasteiger partial charge in [-0.05, 0) is 49.2 Å². The Morgan fingerprint density at radius 2 is 1.93 bits per heavy atom. The van der Waals surface area contributed by atoms with E-state index in [0.717, 1.165) is 35.5 Å². The minimum absolute atomic E-state index is 0.0550. The molecule has 1 heterocycles. The number of para-hydroxylation sites is 1. The van der Waals surface area contributed by atoms with Crippen molar-refractivity contribution in [3.05, 3.63) is 54.1 Å². The third-order valence-electron chi connectivity index (χ3n) is 4.84. The average molecular weight is 426 g/mol. The summed E-state index contributed by atoms with van der Waals surface area (Å²) in [7, 11) is 1.62. The molecule has 6 nitrogen and oxygen atoms in total. The van der Waals surface area contributed by atoms with E-state index in [9.17, 15) is 9.59 Å². The van der Waals surface area contributed by atoms with Crippen LogP contribution in [0.25, 0.3) is 0 Å². The highest BCUT2D eigenvalue weighted by molar-refractivity contribution is 8.15. The van der Waals surface area contributed by atoms with Gasteiger partial charge in [-0.15, -0.1) is 0 Å². The molecule has 0 spiro atoms. The highest BCUT2D eigenvalue weighted by Crippen LogP contribution is 2.32. The van der Waals surface area contributed by atoms with E-state index in [4.69, 9.17) is 4.74 Å². The smallest absolute Gasteiger partial charge is 0.242 e. The zero-order valence-electron chi connectivity index (χ0n) is 17.6. The van der Waals surface area contributed by atoms with Gasteiger partial charge in [0.15, 0.2) is 5.17 Å². The van der Waals surface area contributed by atoms with E-state index in [1.807, 2.05) is 55.5 Å². The Morgan fingerprint density at radius 1 is 1.20 bits per heavy atom. The fourth-order valence-corrected chi connectivity index (χ4v) is 4.28. The van der Waals surface area contributed by atoms with Gasteiger partial charge in [0.05, 0.1) is 12.8 Å². The zero-order chi connectivity index (χ0) is 21.5. The fraction of sp³-hybridized carbons (Fsp3) is 0.348. The molecule has 7 heteroatoms. The normalized spacial score (nSPS) is 17.4. The van der Waals surface area contributed by atoms with Gasteiger partial charge in [-0.1, -0.05) is 43.3 Å². The summed E-state index contributed by atoms with van der Waals surface area (Å²) in [6, 6.07) is 15.0. The van der Waals surface area contributed by atoms with Gasteiger partial charge in [-0.25, -0.2) is 4.99 Å². The molecular formula is C23H27N3O3S. The van der Waals surface area contributed by atoms with Gasteiger partial charge in [0.25, 0.3) is 0 Å². The molecule has 0 aliphatic carbocycles. The number of thioether (sulfide) groups is 1. The first-order valence-electron chi connectivity index (χ1n) is 10.1. The van der Waals surface area contributed by atoms with E-state index in [-0.39, 0.29) is 18.2 Å². The summed E-state index contributed by atoms with van der Waals surface area (Å²) < 4.78 is 5.19. The monoisotopic (exact) mass is 425 g/mol. The maximum Gasteiger partial charge on any atom is 0.242 e. The first-order valence-corrected chi connectivity index (χ1v) is 11.0. The van der Waals surface area contributed by atoms with Crippen LogP contribution in [0.5, 0.6) is 5.75 Å². The van der Waals surface area contributed by atoms with Crippen molar-refractivity contribution in [2.24, 2.45) is 4.99 Å². The number of nitrogens with zero attached hydrogens (tertiary/aromatic N) is 2. The summed E-state index contributed by atoms with van der Waals surface area (Å²) >= 11 is 1.36. The Morgan fingerprint density at radius 3 is 2.60 bits per heavy atom. The molecule has 30 heavy (non-hydrogen) atoms. The lowest BCUT2D eigenvalue weighted by atomic mass is 10.2. The molecule has 0 radical (unpaired) electrons. The number of carbonyl (C=O) groups is 2. The summed E-state index contributed by atoms with van der Waals surface area (Å²) in [5, 5.41) is 3.09. The lowest BCUT2D eigenvalue weighted by Gasteiger charge is -2.16. The molecule has 2 aromatic rings. The minimum Gasteiger partial charge on any atom is -0.497 e. The van der Waals surface area contributed by atoms with Gasteiger partial charge in [0.2, 0.25) is 11.8 Å². The second-order valence-electron chi connectivity index (χ2n) is 7.11. The summed E-state index contributed by atoms with van der Waals surface area (Å²) in [6.45, 7) is 4.63. The first-order chi connectivity index (χ1) is 14.5. The Labute approximate surface area is 181 Å². The summed E-state index contributed by atoms with van der Waals surface area (Å²) in [6.07, 6.45) is 1.97. The molecule has 0 unspecified atom stereocenters. The van der Waals surface area contributed by atoms with Crippen LogP contribution in [0.15, 0.2) is 53.5 Å². The van der Waals surface area contributed by atoms with Crippen LogP contribution in [0.2, 0.25) is 0 Å². The van der Waals surface area contributed by atoms with Gasteiger partial charge >= 0.3 is 0 Å². The fourth-order valence-electron chi connectivity index (χ4n) is 3.10. The lowest BCUT2D eigenvalue weighted by Crippen LogP contribution is -2.34. The molecule has 1 aliphatic heterocycles. The minimum atomic E-state index is -0.470. The molecule has 1 saturated heterocycles. The molecule has 158 valence electrons. The lowest BCUT2D eigenvalue weighted by molar-refractivity contribution is -0.128. The second kappa shape index (κ2) is 10.3. The first kappa shape index (κ1) is 21.9. The Bertz CT molecular complexity index is 928. The van der Waals surface area contributed by atoms with Crippen molar-refractivity contribution in [2.45, 2.75) is 38.4 Å². The molecule has 0 aromatic heterocycles. The van der Waals surface area contributed by atoms with E-state index in [1.54, 1.807) is 12.0 Å². The number of methoxy groups -OCH3 is 1. The Balaban J connectivity index is 1.74. The number of unbranched alkanes of at least 4 members (excludes halogenated alkanes) is 1. The number of carbonyl (C=O) groups excluding carboxylic acids is 2. The van der Waals surface area contributed by atoms with Crippen molar-refractivity contribution >= 4 is 40.1 Å². The maximum absolute atomic E-state index is 13.0. The van der Waals surface area contributed by atoms with Gasteiger partial charge in [-0.2, -0.15) is 0 Å². The van der Waals surface area contributed by atoms with Gasteiger partial charge in [-0.3, -0.25) is 14.5 Å². The standard InChI is InChI=1S/C23H27N3O3S/c1-4-5-14-26-22(28)20(15-21(27)25-19-9-7-6-8-16(19)2)30-23(26)24-17-10-12-18(29-3)13-11-17/h6-13,20H,4-5,14-15H2,1-3H3,(H,25,27)/t20-/m1/s1. The zero-order valence-corrected chi connectivity index (χ0v) is 18.4. The molecule has 3 rings (SSSR count). The number of aryl methyl sites for hydroxylation is 1. The van der Waals surface area contributed by atoms with Crippen LogP contribution >= 0.6 is 11.8 Å². The Kier molecular flexibility index (Phi) is 7.52. The van der Waals surface area contributed by atoms with Crippen molar-refractivity contribution < 1.29 is 14.3 Å². The second-order valence-corrected chi connectivity index (χ2v) is 8.28. The molecule has 0 saturated carbocycles. The quantitative estimate of drug-likeness (QED) is 0.662. The number of anilines is 1. The predicted octanol–water partition coefficient (Wildman–Crippen LogP) is 4.76. The third kappa shape index (κ3) is 5.42. The third-order valence-corrected chi connectivity index (χ3v) is 6.02. The van der Waals surface area contributed by atoms with Crippen molar-refractivity contribution in [1.29, 1.82) is 0 Å². The molecule has 0 bridgehead atoms. The van der Waals surface area contributed by atoms with Gasteiger partial charge in [0, 0.05) is 18.7 Å². The van der Waals surface area contributed by atoms with Crippen molar-refractivity contribution in [3.63, 3.8) is 0 Å². The van der Waals surface area contributed by atoms with Crippen LogP contribution < -0.4 is 10.1 Å². The SMILES string of the molecule is CCCCN1C(=O)[C@@H](CC(=O)Nc2ccccc2C)SC1=Nc1ccc(OC)cc1. The highest BCUT2D eigenvalue weighted by Gasteiger charge is 2.38. The van der Waals surface area contributed by atoms with Crippen molar-refractivity contribution in [3.8, 4) is 5.75 Å².